The quantitative estimate of drug-likeness (QED) is 0.456. The number of aryl methyl sites for hydroxylation is 2. The zero-order valence-electron chi connectivity index (χ0n) is 14.1. The molecule has 138 valence electrons. The molecule has 0 aliphatic heterocycles. The first-order valence-corrected chi connectivity index (χ1v) is 8.84. The van der Waals surface area contributed by atoms with Gasteiger partial charge in [0.1, 0.15) is 5.69 Å². The lowest BCUT2D eigenvalue weighted by atomic mass is 10.1. The van der Waals surface area contributed by atoms with Crippen molar-refractivity contribution in [2.24, 2.45) is 0 Å². The van der Waals surface area contributed by atoms with Crippen molar-refractivity contribution in [3.05, 3.63) is 45.9 Å². The third-order valence-corrected chi connectivity index (χ3v) is 4.39. The summed E-state index contributed by atoms with van der Waals surface area (Å²) in [5.41, 5.74) is 1.06. The lowest BCUT2D eigenvalue weighted by Gasteiger charge is -2.09. The van der Waals surface area contributed by atoms with Gasteiger partial charge in [0.15, 0.2) is 0 Å². The zero-order chi connectivity index (χ0) is 19.1. The van der Waals surface area contributed by atoms with Crippen molar-refractivity contribution in [1.82, 2.24) is 14.9 Å². The van der Waals surface area contributed by atoms with Gasteiger partial charge in [0, 0.05) is 18.1 Å². The monoisotopic (exact) mass is 376 g/mol. The van der Waals surface area contributed by atoms with E-state index in [1.54, 1.807) is 6.07 Å². The van der Waals surface area contributed by atoms with Gasteiger partial charge in [0.05, 0.1) is 5.75 Å². The van der Waals surface area contributed by atoms with E-state index in [2.05, 4.69) is 15.5 Å². The van der Waals surface area contributed by atoms with Crippen molar-refractivity contribution in [2.75, 3.05) is 16.9 Å². The van der Waals surface area contributed by atoms with Gasteiger partial charge in [-0.05, 0) is 30.5 Å². The van der Waals surface area contributed by atoms with Crippen LogP contribution in [0.1, 0.15) is 24.6 Å². The molecule has 26 heavy (non-hydrogen) atoms. The van der Waals surface area contributed by atoms with Crippen molar-refractivity contribution in [2.45, 2.75) is 31.3 Å². The van der Waals surface area contributed by atoms with Crippen LogP contribution in [0.3, 0.4) is 0 Å². The average molecular weight is 376 g/mol. The van der Waals surface area contributed by atoms with Crippen LogP contribution in [0.25, 0.3) is 0 Å². The van der Waals surface area contributed by atoms with E-state index in [9.17, 15) is 19.5 Å². The Bertz CT molecular complexity index is 868. The molecule has 0 radical (unpaired) electrons. The number of hydrogen-bond donors (Lipinski definition) is 2. The molecular weight excluding hydrogens is 358 g/mol. The maximum atomic E-state index is 12.0. The summed E-state index contributed by atoms with van der Waals surface area (Å²) in [5, 5.41) is 20.7. The number of aromatic nitrogens is 3. The Kier molecular flexibility index (Phi) is 6.73. The summed E-state index contributed by atoms with van der Waals surface area (Å²) in [6, 6.07) is 7.49. The van der Waals surface area contributed by atoms with Crippen LogP contribution in [0.2, 0.25) is 0 Å². The minimum absolute atomic E-state index is 0.0138. The fourth-order valence-corrected chi connectivity index (χ4v) is 2.74. The molecule has 0 fully saturated rings. The van der Waals surface area contributed by atoms with E-state index in [-0.39, 0.29) is 35.4 Å². The molecule has 1 aromatic carbocycles. The molecule has 0 saturated heterocycles. The first-order chi connectivity index (χ1) is 12.4. The molecule has 1 heterocycles. The Morgan fingerprint density at radius 2 is 2.12 bits per heavy atom. The number of aliphatic carboxylic acids is 1. The maximum absolute atomic E-state index is 12.0. The maximum Gasteiger partial charge on any atom is 0.294 e. The minimum Gasteiger partial charge on any atom is -0.550 e. The van der Waals surface area contributed by atoms with Crippen LogP contribution in [0, 0.1) is 0 Å². The van der Waals surface area contributed by atoms with Gasteiger partial charge < -0.3 is 21.1 Å². The summed E-state index contributed by atoms with van der Waals surface area (Å²) in [6.45, 7) is 2.02. The molecule has 0 bridgehead atoms. The summed E-state index contributed by atoms with van der Waals surface area (Å²) in [4.78, 5) is 34.5. The molecular formula is C16H18N5O4S-. The zero-order valence-corrected chi connectivity index (χ0v) is 14.9. The molecule has 0 atom stereocenters. The minimum atomic E-state index is -1.29. The van der Waals surface area contributed by atoms with E-state index >= 15 is 0 Å². The molecule has 0 saturated carbocycles. The van der Waals surface area contributed by atoms with Gasteiger partial charge in [0.25, 0.3) is 5.56 Å². The van der Waals surface area contributed by atoms with Gasteiger partial charge in [-0.2, -0.15) is 4.68 Å². The molecule has 3 N–H and O–H groups in total. The van der Waals surface area contributed by atoms with Gasteiger partial charge in [0.2, 0.25) is 11.1 Å². The van der Waals surface area contributed by atoms with Crippen molar-refractivity contribution in [1.29, 1.82) is 0 Å². The molecule has 1 amide bonds. The second-order valence-corrected chi connectivity index (χ2v) is 6.31. The lowest BCUT2D eigenvalue weighted by molar-refractivity contribution is -0.305. The Labute approximate surface area is 153 Å². The number of nitrogens with one attached hydrogen (secondary N) is 1. The van der Waals surface area contributed by atoms with Crippen LogP contribution in [0.5, 0.6) is 0 Å². The Balaban J connectivity index is 1.98. The molecule has 1 aromatic heterocycles. The number of amides is 1. The van der Waals surface area contributed by atoms with Crippen LogP contribution >= 0.6 is 11.8 Å². The van der Waals surface area contributed by atoms with E-state index in [0.29, 0.717) is 5.69 Å². The van der Waals surface area contributed by atoms with Gasteiger partial charge in [-0.3, -0.25) is 9.59 Å². The molecule has 0 aliphatic rings. The second-order valence-electron chi connectivity index (χ2n) is 5.37. The highest BCUT2D eigenvalue weighted by atomic mass is 32.2. The van der Waals surface area contributed by atoms with Crippen molar-refractivity contribution in [3.8, 4) is 0 Å². The highest BCUT2D eigenvalue weighted by Gasteiger charge is 2.12. The number of rotatable bonds is 8. The predicted molar refractivity (Wildman–Crippen MR) is 94.9 cm³/mol. The summed E-state index contributed by atoms with van der Waals surface area (Å²) in [6.07, 6.45) is 0.387. The van der Waals surface area contributed by atoms with Crippen molar-refractivity contribution in [3.63, 3.8) is 0 Å². The highest BCUT2D eigenvalue weighted by molar-refractivity contribution is 7.99. The largest absolute Gasteiger partial charge is 0.550 e. The number of anilines is 1. The molecule has 10 heteroatoms. The fourth-order valence-electron chi connectivity index (χ4n) is 2.09. The predicted octanol–water partition coefficient (Wildman–Crippen LogP) is -0.672. The summed E-state index contributed by atoms with van der Waals surface area (Å²) >= 11 is 0.955. The average Bonchev–Trinajstić information content (AvgIpc) is 2.62. The van der Waals surface area contributed by atoms with E-state index < -0.39 is 11.5 Å². The number of thioether (sulfide) groups is 1. The fraction of sp³-hybridized carbons (Fsp3) is 0.312. The standard InChI is InChI=1S/C16H19N5O4S/c1-2-10-4-3-5-11(8-10)18-13(22)9-26-16-20-19-12(6-7-14(23)24)15(25)21(16)17/h3-5,8H,2,6-7,9,17H2,1H3,(H,18,22)(H,23,24)/p-1. The van der Waals surface area contributed by atoms with Gasteiger partial charge in [-0.15, -0.1) is 10.2 Å². The number of carbonyl (C=O) groups excluding carboxylic acids is 2. The smallest absolute Gasteiger partial charge is 0.294 e. The van der Waals surface area contributed by atoms with Gasteiger partial charge in [-0.1, -0.05) is 30.8 Å². The van der Waals surface area contributed by atoms with E-state index in [1.807, 2.05) is 25.1 Å². The number of carboxylic acids is 1. The molecule has 0 spiro atoms. The number of nitrogen functional groups attached to an aromatic ring is 1. The first-order valence-electron chi connectivity index (χ1n) is 7.85. The number of carboxylic acid groups (broad SMARTS) is 1. The third-order valence-electron chi connectivity index (χ3n) is 3.45. The Morgan fingerprint density at radius 3 is 2.81 bits per heavy atom. The van der Waals surface area contributed by atoms with Crippen molar-refractivity contribution < 1.29 is 14.7 Å². The topological polar surface area (TPSA) is 143 Å². The van der Waals surface area contributed by atoms with Crippen LogP contribution < -0.4 is 21.8 Å². The van der Waals surface area contributed by atoms with Crippen LogP contribution in [0.15, 0.2) is 34.2 Å². The molecule has 2 rings (SSSR count). The number of nitrogens with two attached hydrogens (primary N) is 1. The lowest BCUT2D eigenvalue weighted by Crippen LogP contribution is -2.34. The normalized spacial score (nSPS) is 10.5. The van der Waals surface area contributed by atoms with Gasteiger partial charge >= 0.3 is 0 Å². The van der Waals surface area contributed by atoms with E-state index in [1.165, 1.54) is 0 Å². The highest BCUT2D eigenvalue weighted by Crippen LogP contribution is 2.14. The number of carbonyl (C=O) groups is 2. The van der Waals surface area contributed by atoms with Crippen LogP contribution in [-0.2, 0) is 22.4 Å². The SMILES string of the molecule is CCc1cccc(NC(=O)CSc2nnc(CCC(=O)[O-])c(=O)n2N)c1. The third kappa shape index (κ3) is 5.31. The number of hydrogen-bond acceptors (Lipinski definition) is 8. The summed E-state index contributed by atoms with van der Waals surface area (Å²) in [7, 11) is 0. The second kappa shape index (κ2) is 8.99. The van der Waals surface area contributed by atoms with Gasteiger partial charge in [-0.25, -0.2) is 0 Å². The Hall–Kier alpha value is -2.88. The summed E-state index contributed by atoms with van der Waals surface area (Å²) < 4.78 is 0.757. The molecule has 0 unspecified atom stereocenters. The molecule has 0 aliphatic carbocycles. The van der Waals surface area contributed by atoms with Crippen LogP contribution in [0.4, 0.5) is 5.69 Å². The van der Waals surface area contributed by atoms with E-state index in [0.717, 1.165) is 28.4 Å². The Morgan fingerprint density at radius 1 is 1.35 bits per heavy atom. The van der Waals surface area contributed by atoms with Crippen molar-refractivity contribution >= 4 is 29.3 Å². The molecule has 2 aromatic rings. The van der Waals surface area contributed by atoms with E-state index in [4.69, 9.17) is 5.84 Å². The number of benzene rings is 1. The van der Waals surface area contributed by atoms with Crippen LogP contribution in [-0.4, -0.2) is 32.5 Å². The summed E-state index contributed by atoms with van der Waals surface area (Å²) in [5.74, 6) is 4.07. The number of nitrogens with zero attached hydrogens (tertiary/aromatic N) is 3. The first kappa shape index (κ1) is 19.4. The molecule has 9 nitrogen and oxygen atoms in total.